The SMILES string of the molecule is NNC(Cc1ccccc1)C(=O)O.O=C1CCC1. The summed E-state index contributed by atoms with van der Waals surface area (Å²) in [5.41, 5.74) is 3.20. The number of hydrazine groups is 1. The van der Waals surface area contributed by atoms with E-state index in [-0.39, 0.29) is 0 Å². The summed E-state index contributed by atoms with van der Waals surface area (Å²) in [6, 6.07) is 8.63. The number of rotatable bonds is 4. The van der Waals surface area contributed by atoms with Gasteiger partial charge in [-0.1, -0.05) is 30.3 Å². The lowest BCUT2D eigenvalue weighted by molar-refractivity contribution is -0.139. The first kappa shape index (κ1) is 14.3. The molecular weight excluding hydrogens is 232 g/mol. The minimum atomic E-state index is -0.939. The fraction of sp³-hybridized carbons (Fsp3) is 0.385. The highest BCUT2D eigenvalue weighted by molar-refractivity contribution is 5.83. The minimum Gasteiger partial charge on any atom is -0.480 e. The topological polar surface area (TPSA) is 92.4 Å². The number of carboxylic acids is 1. The second-order valence-electron chi connectivity index (χ2n) is 4.14. The molecule has 1 aromatic carbocycles. The molecule has 1 unspecified atom stereocenters. The first-order valence-electron chi connectivity index (χ1n) is 5.88. The fourth-order valence-corrected chi connectivity index (χ4v) is 1.39. The van der Waals surface area contributed by atoms with Gasteiger partial charge in [0.05, 0.1) is 0 Å². The van der Waals surface area contributed by atoms with E-state index in [2.05, 4.69) is 5.43 Å². The Morgan fingerprint density at radius 2 is 1.89 bits per heavy atom. The van der Waals surface area contributed by atoms with Gasteiger partial charge in [0.15, 0.2) is 0 Å². The molecule has 0 amide bonds. The number of ketones is 1. The number of carbonyl (C=O) groups excluding carboxylic acids is 1. The van der Waals surface area contributed by atoms with Gasteiger partial charge >= 0.3 is 5.97 Å². The van der Waals surface area contributed by atoms with Crippen LogP contribution >= 0.6 is 0 Å². The summed E-state index contributed by atoms with van der Waals surface area (Å²) in [5, 5.41) is 8.69. The van der Waals surface area contributed by atoms with Crippen molar-refractivity contribution in [2.24, 2.45) is 5.84 Å². The van der Waals surface area contributed by atoms with E-state index in [0.29, 0.717) is 12.2 Å². The van der Waals surface area contributed by atoms with Crippen LogP contribution in [0.25, 0.3) is 0 Å². The van der Waals surface area contributed by atoms with Crippen molar-refractivity contribution in [3.05, 3.63) is 35.9 Å². The van der Waals surface area contributed by atoms with Crippen LogP contribution in [0.4, 0.5) is 0 Å². The Kier molecular flexibility index (Phi) is 6.04. The maximum absolute atomic E-state index is 10.6. The number of nitrogens with two attached hydrogens (primary N) is 1. The minimum absolute atomic E-state index is 0.396. The van der Waals surface area contributed by atoms with E-state index in [1.807, 2.05) is 30.3 Å². The van der Waals surface area contributed by atoms with Gasteiger partial charge in [0, 0.05) is 12.8 Å². The van der Waals surface area contributed by atoms with E-state index < -0.39 is 12.0 Å². The van der Waals surface area contributed by atoms with Crippen LogP contribution in [0, 0.1) is 0 Å². The summed E-state index contributed by atoms with van der Waals surface area (Å²) >= 11 is 0. The summed E-state index contributed by atoms with van der Waals surface area (Å²) in [6.07, 6.45) is 3.23. The molecular formula is C13H18N2O3. The van der Waals surface area contributed by atoms with Crippen LogP contribution in [0.3, 0.4) is 0 Å². The Labute approximate surface area is 106 Å². The van der Waals surface area contributed by atoms with Gasteiger partial charge < -0.3 is 5.11 Å². The molecule has 1 aliphatic carbocycles. The molecule has 0 bridgehead atoms. The van der Waals surface area contributed by atoms with Crippen LogP contribution in [0.15, 0.2) is 30.3 Å². The average Bonchev–Trinajstić information content (AvgIpc) is 2.35. The highest BCUT2D eigenvalue weighted by Crippen LogP contribution is 2.10. The first-order chi connectivity index (χ1) is 8.63. The monoisotopic (exact) mass is 250 g/mol. The van der Waals surface area contributed by atoms with Crippen LogP contribution in [0.2, 0.25) is 0 Å². The lowest BCUT2D eigenvalue weighted by atomic mass is 9.99. The smallest absolute Gasteiger partial charge is 0.322 e. The van der Waals surface area contributed by atoms with Gasteiger partial charge in [-0.15, -0.1) is 0 Å². The second kappa shape index (κ2) is 7.58. The van der Waals surface area contributed by atoms with Gasteiger partial charge in [0.1, 0.15) is 11.8 Å². The van der Waals surface area contributed by atoms with Crippen molar-refractivity contribution in [3.63, 3.8) is 0 Å². The summed E-state index contributed by atoms with van der Waals surface area (Å²) in [7, 11) is 0. The van der Waals surface area contributed by atoms with Gasteiger partial charge in [-0.3, -0.25) is 15.4 Å². The van der Waals surface area contributed by atoms with E-state index in [9.17, 15) is 9.59 Å². The van der Waals surface area contributed by atoms with E-state index in [0.717, 1.165) is 24.8 Å². The standard InChI is InChI=1S/C9H12N2O2.C4H6O/c10-11-8(9(12)13)6-7-4-2-1-3-5-7;5-4-2-1-3-4/h1-5,8,11H,6,10H2,(H,12,13);1-3H2. The number of aliphatic carboxylic acids is 1. The molecule has 0 radical (unpaired) electrons. The number of nitrogens with one attached hydrogen (secondary N) is 1. The van der Waals surface area contributed by atoms with Crippen molar-refractivity contribution in [3.8, 4) is 0 Å². The number of hydrogen-bond acceptors (Lipinski definition) is 4. The summed E-state index contributed by atoms with van der Waals surface area (Å²) in [4.78, 5) is 20.5. The molecule has 1 fully saturated rings. The molecule has 5 heteroatoms. The molecule has 1 aromatic rings. The van der Waals surface area contributed by atoms with Crippen LogP contribution in [-0.2, 0) is 16.0 Å². The lowest BCUT2D eigenvalue weighted by Gasteiger charge is -2.09. The van der Waals surface area contributed by atoms with E-state index in [1.54, 1.807) is 0 Å². The molecule has 1 aliphatic rings. The zero-order valence-corrected chi connectivity index (χ0v) is 10.1. The summed E-state index contributed by atoms with van der Waals surface area (Å²) in [5.74, 6) is 4.59. The summed E-state index contributed by atoms with van der Waals surface area (Å²) < 4.78 is 0. The summed E-state index contributed by atoms with van der Waals surface area (Å²) in [6.45, 7) is 0. The Morgan fingerprint density at radius 3 is 2.22 bits per heavy atom. The highest BCUT2D eigenvalue weighted by atomic mass is 16.4. The Balaban J connectivity index is 0.000000269. The third-order valence-corrected chi connectivity index (χ3v) is 2.69. The molecule has 1 saturated carbocycles. The maximum atomic E-state index is 10.6. The maximum Gasteiger partial charge on any atom is 0.322 e. The van der Waals surface area contributed by atoms with E-state index >= 15 is 0 Å². The Hall–Kier alpha value is -1.72. The largest absolute Gasteiger partial charge is 0.480 e. The van der Waals surface area contributed by atoms with Crippen LogP contribution in [0.1, 0.15) is 24.8 Å². The average molecular weight is 250 g/mol. The third-order valence-electron chi connectivity index (χ3n) is 2.69. The van der Waals surface area contributed by atoms with Gasteiger partial charge in [0.25, 0.3) is 0 Å². The molecule has 0 heterocycles. The predicted molar refractivity (Wildman–Crippen MR) is 67.8 cm³/mol. The first-order valence-corrected chi connectivity index (χ1v) is 5.88. The van der Waals surface area contributed by atoms with Crippen molar-refractivity contribution in [1.29, 1.82) is 0 Å². The molecule has 0 aromatic heterocycles. The van der Waals surface area contributed by atoms with Crippen molar-refractivity contribution in [2.45, 2.75) is 31.7 Å². The molecule has 5 nitrogen and oxygen atoms in total. The van der Waals surface area contributed by atoms with Gasteiger partial charge in [-0.2, -0.15) is 0 Å². The molecule has 1 atom stereocenters. The zero-order chi connectivity index (χ0) is 13.4. The molecule has 18 heavy (non-hydrogen) atoms. The van der Waals surface area contributed by atoms with Crippen LogP contribution in [-0.4, -0.2) is 22.9 Å². The number of carboxylic acid groups (broad SMARTS) is 1. The molecule has 0 aliphatic heterocycles. The zero-order valence-electron chi connectivity index (χ0n) is 10.1. The number of benzene rings is 1. The van der Waals surface area contributed by atoms with Gasteiger partial charge in [0.2, 0.25) is 0 Å². The highest BCUT2D eigenvalue weighted by Gasteiger charge is 2.15. The third kappa shape index (κ3) is 5.07. The molecule has 4 N–H and O–H groups in total. The molecule has 0 spiro atoms. The predicted octanol–water partition coefficient (Wildman–Crippen LogP) is 0.885. The fourth-order valence-electron chi connectivity index (χ4n) is 1.39. The number of carbonyl (C=O) groups is 2. The Bertz CT molecular complexity index is 386. The second-order valence-corrected chi connectivity index (χ2v) is 4.14. The van der Waals surface area contributed by atoms with Crippen molar-refractivity contribution < 1.29 is 14.7 Å². The quantitative estimate of drug-likeness (QED) is 0.545. The Morgan fingerprint density at radius 1 is 1.33 bits per heavy atom. The molecule has 2 rings (SSSR count). The molecule has 98 valence electrons. The van der Waals surface area contributed by atoms with Gasteiger partial charge in [-0.25, -0.2) is 5.43 Å². The number of hydrogen-bond donors (Lipinski definition) is 3. The normalized spacial score (nSPS) is 15.1. The van der Waals surface area contributed by atoms with Crippen molar-refractivity contribution in [1.82, 2.24) is 5.43 Å². The van der Waals surface area contributed by atoms with Crippen LogP contribution in [0.5, 0.6) is 0 Å². The van der Waals surface area contributed by atoms with Crippen molar-refractivity contribution in [2.75, 3.05) is 0 Å². The van der Waals surface area contributed by atoms with Gasteiger partial charge in [-0.05, 0) is 18.4 Å². The van der Waals surface area contributed by atoms with E-state index in [4.69, 9.17) is 10.9 Å². The molecule has 0 saturated heterocycles. The van der Waals surface area contributed by atoms with Crippen LogP contribution < -0.4 is 11.3 Å². The lowest BCUT2D eigenvalue weighted by Crippen LogP contribution is -2.42. The van der Waals surface area contributed by atoms with Crippen molar-refractivity contribution >= 4 is 11.8 Å². The van der Waals surface area contributed by atoms with E-state index in [1.165, 1.54) is 0 Å². The number of Topliss-reactive ketones (excluding diaryl/α,β-unsaturated/α-hetero) is 1.